The summed E-state index contributed by atoms with van der Waals surface area (Å²) >= 11 is 0. The first-order valence-corrected chi connectivity index (χ1v) is 7.51. The van der Waals surface area contributed by atoms with Crippen LogP contribution >= 0.6 is 0 Å². The number of benzene rings is 1. The minimum atomic E-state index is -3.44. The normalized spacial score (nSPS) is 11.8. The highest BCUT2D eigenvalue weighted by Gasteiger charge is 2.07. The zero-order chi connectivity index (χ0) is 13.6. The summed E-state index contributed by atoms with van der Waals surface area (Å²) < 4.78 is 27.8. The molecule has 5 nitrogen and oxygen atoms in total. The second-order valence-corrected chi connectivity index (χ2v) is 5.84. The maximum absolute atomic E-state index is 11.5. The average molecular weight is 271 g/mol. The molecule has 0 bridgehead atoms. The monoisotopic (exact) mass is 271 g/mol. The minimum absolute atomic E-state index is 0.367. The van der Waals surface area contributed by atoms with Crippen molar-refractivity contribution in [3.63, 3.8) is 0 Å². The molecule has 0 fully saturated rings. The van der Waals surface area contributed by atoms with Gasteiger partial charge in [-0.1, -0.05) is 32.9 Å². The van der Waals surface area contributed by atoms with Gasteiger partial charge in [0.15, 0.2) is 0 Å². The van der Waals surface area contributed by atoms with Gasteiger partial charge in [-0.05, 0) is 17.7 Å². The number of rotatable bonds is 7. The molecule has 6 heteroatoms. The maximum atomic E-state index is 11.5. The molecule has 0 aliphatic rings. The molecule has 1 aromatic carbocycles. The zero-order valence-corrected chi connectivity index (χ0v) is 11.8. The second-order valence-electron chi connectivity index (χ2n) is 4.34. The van der Waals surface area contributed by atoms with E-state index in [-0.39, 0.29) is 0 Å². The summed E-state index contributed by atoms with van der Waals surface area (Å²) in [6, 6.07) is 7.74. The quantitative estimate of drug-likeness (QED) is 0.703. The molecule has 1 aromatic rings. The van der Waals surface area contributed by atoms with Crippen LogP contribution in [-0.4, -0.2) is 21.0 Å². The predicted octanol–water partition coefficient (Wildman–Crippen LogP) is 1.45. The van der Waals surface area contributed by atoms with Crippen molar-refractivity contribution in [1.29, 1.82) is 0 Å². The number of hydrogen-bond donors (Lipinski definition) is 3. The van der Waals surface area contributed by atoms with Gasteiger partial charge < -0.3 is 5.32 Å². The summed E-state index contributed by atoms with van der Waals surface area (Å²) in [5.41, 5.74) is 1.68. The number of hydrogen-bond acceptors (Lipinski definition) is 3. The Morgan fingerprint density at radius 3 is 2.28 bits per heavy atom. The first-order chi connectivity index (χ1) is 8.43. The van der Waals surface area contributed by atoms with E-state index in [0.717, 1.165) is 12.1 Å². The molecule has 0 aliphatic heterocycles. The topological polar surface area (TPSA) is 70.2 Å². The highest BCUT2D eigenvalue weighted by Crippen LogP contribution is 2.10. The first kappa shape index (κ1) is 14.9. The smallest absolute Gasteiger partial charge is 0.299 e. The molecule has 0 aromatic heterocycles. The van der Waals surface area contributed by atoms with E-state index in [1.165, 1.54) is 0 Å². The van der Waals surface area contributed by atoms with E-state index >= 15 is 0 Å². The maximum Gasteiger partial charge on any atom is 0.299 e. The molecule has 0 atom stereocenters. The summed E-state index contributed by atoms with van der Waals surface area (Å²) in [5, 5.41) is 3.30. The average Bonchev–Trinajstić information content (AvgIpc) is 2.27. The van der Waals surface area contributed by atoms with Crippen molar-refractivity contribution < 1.29 is 8.42 Å². The van der Waals surface area contributed by atoms with Crippen molar-refractivity contribution in [3.8, 4) is 0 Å². The molecular formula is C12H21N3O2S. The molecular weight excluding hydrogens is 250 g/mol. The summed E-state index contributed by atoms with van der Waals surface area (Å²) in [6.07, 6.45) is 0. The fraction of sp³-hybridized carbons (Fsp3) is 0.500. The molecule has 0 unspecified atom stereocenters. The van der Waals surface area contributed by atoms with Crippen LogP contribution in [0.4, 0.5) is 5.69 Å². The second kappa shape index (κ2) is 6.72. The molecule has 0 amide bonds. The Morgan fingerprint density at radius 1 is 1.17 bits per heavy atom. The fourth-order valence-electron chi connectivity index (χ4n) is 1.39. The van der Waals surface area contributed by atoms with Crippen LogP contribution < -0.4 is 14.8 Å². The van der Waals surface area contributed by atoms with E-state index in [1.807, 2.05) is 12.1 Å². The van der Waals surface area contributed by atoms with Crippen molar-refractivity contribution >= 4 is 15.9 Å². The van der Waals surface area contributed by atoms with Gasteiger partial charge in [0.05, 0.1) is 0 Å². The molecule has 18 heavy (non-hydrogen) atoms. The van der Waals surface area contributed by atoms with E-state index in [9.17, 15) is 8.42 Å². The van der Waals surface area contributed by atoms with E-state index in [2.05, 4.69) is 28.6 Å². The standard InChI is InChI=1S/C12H21N3O2S/c1-4-14-18(16,17)15-12-7-5-11(6-8-12)9-13-10(2)3/h5-8,10,13-15H,4,9H2,1-3H3. The molecule has 102 valence electrons. The Bertz CT molecular complexity index is 455. The van der Waals surface area contributed by atoms with E-state index in [4.69, 9.17) is 0 Å². The Balaban J connectivity index is 2.60. The third kappa shape index (κ3) is 5.48. The lowest BCUT2D eigenvalue weighted by Gasteiger charge is -2.10. The molecule has 0 spiro atoms. The van der Waals surface area contributed by atoms with Crippen molar-refractivity contribution in [1.82, 2.24) is 10.0 Å². The van der Waals surface area contributed by atoms with Crippen LogP contribution in [0.2, 0.25) is 0 Å². The molecule has 1 rings (SSSR count). The van der Waals surface area contributed by atoms with Gasteiger partial charge in [0.25, 0.3) is 10.2 Å². The van der Waals surface area contributed by atoms with Gasteiger partial charge in [0, 0.05) is 24.8 Å². The first-order valence-electron chi connectivity index (χ1n) is 6.02. The van der Waals surface area contributed by atoms with Gasteiger partial charge in [0.1, 0.15) is 0 Å². The van der Waals surface area contributed by atoms with Gasteiger partial charge in [-0.2, -0.15) is 13.1 Å². The molecule has 0 radical (unpaired) electrons. The van der Waals surface area contributed by atoms with E-state index in [0.29, 0.717) is 18.3 Å². The zero-order valence-electron chi connectivity index (χ0n) is 11.0. The highest BCUT2D eigenvalue weighted by atomic mass is 32.2. The Hall–Kier alpha value is -1.11. The van der Waals surface area contributed by atoms with Gasteiger partial charge in [0.2, 0.25) is 0 Å². The van der Waals surface area contributed by atoms with Gasteiger partial charge in [-0.15, -0.1) is 0 Å². The fourth-order valence-corrected chi connectivity index (χ4v) is 2.29. The molecule has 0 aliphatic carbocycles. The lowest BCUT2D eigenvalue weighted by molar-refractivity contribution is 0.589. The molecule has 0 saturated carbocycles. The van der Waals surface area contributed by atoms with Crippen molar-refractivity contribution in [2.75, 3.05) is 11.3 Å². The SMILES string of the molecule is CCNS(=O)(=O)Nc1ccc(CNC(C)C)cc1. The Labute approximate surface area is 109 Å². The van der Waals surface area contributed by atoms with Crippen LogP contribution in [0.3, 0.4) is 0 Å². The van der Waals surface area contributed by atoms with E-state index in [1.54, 1.807) is 19.1 Å². The molecule has 3 N–H and O–H groups in total. The molecule has 0 heterocycles. The third-order valence-corrected chi connectivity index (χ3v) is 3.43. The van der Waals surface area contributed by atoms with Crippen molar-refractivity contribution in [2.45, 2.75) is 33.4 Å². The van der Waals surface area contributed by atoms with Gasteiger partial charge in [-0.3, -0.25) is 4.72 Å². The van der Waals surface area contributed by atoms with Crippen molar-refractivity contribution in [3.05, 3.63) is 29.8 Å². The summed E-state index contributed by atoms with van der Waals surface area (Å²) in [4.78, 5) is 0. The van der Waals surface area contributed by atoms with Crippen LogP contribution in [0.5, 0.6) is 0 Å². The van der Waals surface area contributed by atoms with Crippen LogP contribution in [0.1, 0.15) is 26.3 Å². The van der Waals surface area contributed by atoms with Crippen LogP contribution in [0.25, 0.3) is 0 Å². The summed E-state index contributed by atoms with van der Waals surface area (Å²) in [6.45, 7) is 7.04. The lowest BCUT2D eigenvalue weighted by Crippen LogP contribution is -2.29. The number of anilines is 1. The van der Waals surface area contributed by atoms with Crippen LogP contribution in [0, 0.1) is 0 Å². The van der Waals surface area contributed by atoms with Crippen LogP contribution in [-0.2, 0) is 16.8 Å². The van der Waals surface area contributed by atoms with Gasteiger partial charge >= 0.3 is 0 Å². The third-order valence-electron chi connectivity index (χ3n) is 2.25. The lowest BCUT2D eigenvalue weighted by atomic mass is 10.2. The van der Waals surface area contributed by atoms with E-state index < -0.39 is 10.2 Å². The minimum Gasteiger partial charge on any atom is -0.310 e. The van der Waals surface area contributed by atoms with Gasteiger partial charge in [-0.25, -0.2) is 0 Å². The Morgan fingerprint density at radius 2 is 1.78 bits per heavy atom. The summed E-state index contributed by atoms with van der Waals surface area (Å²) in [7, 11) is -3.44. The largest absolute Gasteiger partial charge is 0.310 e. The molecule has 0 saturated heterocycles. The Kier molecular flexibility index (Phi) is 5.58. The predicted molar refractivity (Wildman–Crippen MR) is 74.6 cm³/mol. The summed E-state index contributed by atoms with van der Waals surface area (Å²) in [5.74, 6) is 0. The van der Waals surface area contributed by atoms with Crippen molar-refractivity contribution in [2.24, 2.45) is 0 Å². The van der Waals surface area contributed by atoms with Crippen LogP contribution in [0.15, 0.2) is 24.3 Å². The number of nitrogens with one attached hydrogen (secondary N) is 3. The highest BCUT2D eigenvalue weighted by molar-refractivity contribution is 7.90.